The second kappa shape index (κ2) is 11.9. The molecule has 33 heavy (non-hydrogen) atoms. The summed E-state index contributed by atoms with van der Waals surface area (Å²) >= 11 is 3.29. The first-order valence-electron chi connectivity index (χ1n) is 12.2. The van der Waals surface area contributed by atoms with Gasteiger partial charge in [-0.1, -0.05) is 124 Å². The highest BCUT2D eigenvalue weighted by Crippen LogP contribution is 2.40. The van der Waals surface area contributed by atoms with Crippen LogP contribution in [0.3, 0.4) is 0 Å². The van der Waals surface area contributed by atoms with Crippen molar-refractivity contribution in [1.29, 1.82) is 0 Å². The molecule has 1 aliphatic heterocycles. The molecule has 3 nitrogen and oxygen atoms in total. The van der Waals surface area contributed by atoms with Gasteiger partial charge in [-0.25, -0.2) is 0 Å². The molecule has 1 aliphatic rings. The molecular weight excluding hydrogens is 492 g/mol. The average molecular weight is 532 g/mol. The molecule has 1 heterocycles. The standard InChI is InChI=1S/C28H39BrO3Si/c1-5-6-9-18-25-27(21-26(31-25)24(30)19-20-29)32-33(28(2,3)4,22-14-10-7-11-15-22)23-16-12-8-13-17-23/h7-8,10-17,19-20,24-27,30H,5-6,9,18,21H2,1-4H3/b20-19-/t24-,25-,26-,27-/m0/s1. The van der Waals surface area contributed by atoms with E-state index in [4.69, 9.17) is 9.16 Å². The van der Waals surface area contributed by atoms with Gasteiger partial charge in [-0.3, -0.25) is 0 Å². The summed E-state index contributed by atoms with van der Waals surface area (Å²) in [6.07, 6.45) is 5.89. The van der Waals surface area contributed by atoms with Crippen molar-refractivity contribution in [1.82, 2.24) is 0 Å². The lowest BCUT2D eigenvalue weighted by Crippen LogP contribution is -2.68. The number of benzene rings is 2. The smallest absolute Gasteiger partial charge is 0.261 e. The van der Waals surface area contributed by atoms with E-state index in [-0.39, 0.29) is 23.4 Å². The Hall–Kier alpha value is -1.24. The number of halogens is 1. The number of ether oxygens (including phenoxy) is 1. The second-order valence-electron chi connectivity index (χ2n) is 10.1. The summed E-state index contributed by atoms with van der Waals surface area (Å²) in [5, 5.41) is 13.1. The summed E-state index contributed by atoms with van der Waals surface area (Å²) in [7, 11) is -2.68. The fourth-order valence-electron chi connectivity index (χ4n) is 5.06. The molecule has 0 amide bonds. The molecule has 5 heteroatoms. The third-order valence-electron chi connectivity index (χ3n) is 6.72. The Kier molecular flexibility index (Phi) is 9.54. The maximum atomic E-state index is 10.7. The van der Waals surface area contributed by atoms with Gasteiger partial charge < -0.3 is 14.3 Å². The van der Waals surface area contributed by atoms with Gasteiger partial charge in [-0.05, 0) is 32.9 Å². The largest absolute Gasteiger partial charge is 0.402 e. The highest BCUT2D eigenvalue weighted by Gasteiger charge is 2.53. The lowest BCUT2D eigenvalue weighted by Gasteiger charge is -2.45. The fraction of sp³-hybridized carbons (Fsp3) is 0.500. The van der Waals surface area contributed by atoms with Crippen LogP contribution >= 0.6 is 15.9 Å². The quantitative estimate of drug-likeness (QED) is 0.305. The van der Waals surface area contributed by atoms with Gasteiger partial charge in [0.05, 0.1) is 24.4 Å². The Morgan fingerprint density at radius 1 is 1.06 bits per heavy atom. The Labute approximate surface area is 209 Å². The molecule has 2 aromatic rings. The van der Waals surface area contributed by atoms with E-state index >= 15 is 0 Å². The third-order valence-corrected chi connectivity index (χ3v) is 12.1. The zero-order chi connectivity index (χ0) is 23.9. The van der Waals surface area contributed by atoms with E-state index in [1.807, 2.05) is 0 Å². The number of unbranched alkanes of at least 4 members (excludes halogenated alkanes) is 2. The molecule has 0 aromatic heterocycles. The van der Waals surface area contributed by atoms with Gasteiger partial charge in [0, 0.05) is 6.42 Å². The van der Waals surface area contributed by atoms with Crippen LogP contribution in [0.4, 0.5) is 0 Å². The first kappa shape index (κ1) is 26.4. The summed E-state index contributed by atoms with van der Waals surface area (Å²) in [5.41, 5.74) is 0. The van der Waals surface area contributed by atoms with E-state index in [9.17, 15) is 5.11 Å². The maximum Gasteiger partial charge on any atom is 0.261 e. The highest BCUT2D eigenvalue weighted by atomic mass is 79.9. The van der Waals surface area contributed by atoms with Crippen LogP contribution in [0.25, 0.3) is 0 Å². The van der Waals surface area contributed by atoms with E-state index in [0.29, 0.717) is 6.42 Å². The van der Waals surface area contributed by atoms with Crippen molar-refractivity contribution in [2.45, 2.75) is 89.3 Å². The Morgan fingerprint density at radius 3 is 2.12 bits per heavy atom. The number of rotatable bonds is 10. The minimum atomic E-state index is -2.68. The topological polar surface area (TPSA) is 38.7 Å². The average Bonchev–Trinajstić information content (AvgIpc) is 3.21. The van der Waals surface area contributed by atoms with Crippen LogP contribution in [0.1, 0.15) is 59.8 Å². The zero-order valence-corrected chi connectivity index (χ0v) is 23.0. The molecule has 3 rings (SSSR count). The van der Waals surface area contributed by atoms with Crippen LogP contribution in [0.15, 0.2) is 71.7 Å². The van der Waals surface area contributed by atoms with Gasteiger partial charge in [-0.15, -0.1) is 0 Å². The fourth-order valence-corrected chi connectivity index (χ4v) is 10.1. The Bertz CT molecular complexity index is 826. The Balaban J connectivity index is 2.04. The van der Waals surface area contributed by atoms with Gasteiger partial charge in [0.1, 0.15) is 0 Å². The maximum absolute atomic E-state index is 10.7. The van der Waals surface area contributed by atoms with Gasteiger partial charge in [0.25, 0.3) is 8.32 Å². The molecule has 180 valence electrons. The van der Waals surface area contributed by atoms with Crippen LogP contribution in [-0.4, -0.2) is 37.8 Å². The molecule has 4 atom stereocenters. The predicted octanol–water partition coefficient (Wildman–Crippen LogP) is 5.94. The molecule has 1 saturated heterocycles. The van der Waals surface area contributed by atoms with Crippen LogP contribution in [-0.2, 0) is 9.16 Å². The second-order valence-corrected chi connectivity index (χ2v) is 14.9. The number of hydrogen-bond donors (Lipinski definition) is 1. The van der Waals surface area contributed by atoms with E-state index in [0.717, 1.165) is 12.8 Å². The third kappa shape index (κ3) is 6.07. The molecular formula is C28H39BrO3Si. The van der Waals surface area contributed by atoms with Gasteiger partial charge in [-0.2, -0.15) is 0 Å². The summed E-state index contributed by atoms with van der Waals surface area (Å²) in [5.74, 6) is 0. The summed E-state index contributed by atoms with van der Waals surface area (Å²) in [4.78, 5) is 1.71. The molecule has 0 radical (unpaired) electrons. The first-order chi connectivity index (χ1) is 15.8. The van der Waals surface area contributed by atoms with Gasteiger partial charge in [0.15, 0.2) is 0 Å². The summed E-state index contributed by atoms with van der Waals surface area (Å²) in [6, 6.07) is 21.5. The summed E-state index contributed by atoms with van der Waals surface area (Å²) in [6.45, 7) is 9.14. The highest BCUT2D eigenvalue weighted by molar-refractivity contribution is 9.11. The number of aliphatic hydroxyl groups is 1. The van der Waals surface area contributed by atoms with Crippen molar-refractivity contribution in [2.24, 2.45) is 0 Å². The Morgan fingerprint density at radius 2 is 1.64 bits per heavy atom. The lowest BCUT2D eigenvalue weighted by molar-refractivity contribution is -0.0310. The molecule has 0 bridgehead atoms. The molecule has 0 unspecified atom stereocenters. The van der Waals surface area contributed by atoms with Crippen molar-refractivity contribution in [3.05, 3.63) is 71.7 Å². The molecule has 1 fully saturated rings. The lowest BCUT2D eigenvalue weighted by atomic mass is 10.0. The molecule has 1 N–H and O–H groups in total. The normalized spacial score (nSPS) is 22.7. The van der Waals surface area contributed by atoms with E-state index < -0.39 is 14.4 Å². The van der Waals surface area contributed by atoms with Crippen LogP contribution in [0, 0.1) is 0 Å². The number of hydrogen-bond acceptors (Lipinski definition) is 3. The molecule has 2 aromatic carbocycles. The van der Waals surface area contributed by atoms with E-state index in [1.165, 1.54) is 23.2 Å². The van der Waals surface area contributed by atoms with Crippen molar-refractivity contribution in [2.75, 3.05) is 0 Å². The monoisotopic (exact) mass is 530 g/mol. The molecule has 0 spiro atoms. The number of aliphatic hydroxyl groups excluding tert-OH is 1. The minimum absolute atomic E-state index is 0.0124. The predicted molar refractivity (Wildman–Crippen MR) is 144 cm³/mol. The van der Waals surface area contributed by atoms with Crippen molar-refractivity contribution in [3.8, 4) is 0 Å². The van der Waals surface area contributed by atoms with Crippen LogP contribution < -0.4 is 10.4 Å². The van der Waals surface area contributed by atoms with Crippen molar-refractivity contribution < 1.29 is 14.3 Å². The van der Waals surface area contributed by atoms with Crippen LogP contribution in [0.2, 0.25) is 5.04 Å². The first-order valence-corrected chi connectivity index (χ1v) is 15.0. The van der Waals surface area contributed by atoms with Crippen LogP contribution in [0.5, 0.6) is 0 Å². The van der Waals surface area contributed by atoms with Gasteiger partial charge in [0.2, 0.25) is 0 Å². The molecule has 0 aliphatic carbocycles. The zero-order valence-electron chi connectivity index (χ0n) is 20.4. The van der Waals surface area contributed by atoms with Crippen molar-refractivity contribution >= 4 is 34.6 Å². The molecule has 0 saturated carbocycles. The van der Waals surface area contributed by atoms with E-state index in [1.54, 1.807) is 11.1 Å². The van der Waals surface area contributed by atoms with Crippen molar-refractivity contribution in [3.63, 3.8) is 0 Å². The summed E-state index contributed by atoms with van der Waals surface area (Å²) < 4.78 is 13.8. The van der Waals surface area contributed by atoms with E-state index in [2.05, 4.69) is 104 Å². The SMILES string of the molecule is CCCCC[C@@H]1O[C@H]([C@@H](O)/C=C\Br)C[C@@H]1O[Si](c1ccccc1)(c1ccccc1)C(C)(C)C. The minimum Gasteiger partial charge on any atom is -0.402 e. The van der Waals surface area contributed by atoms with Gasteiger partial charge >= 0.3 is 0 Å².